The van der Waals surface area contributed by atoms with Crippen LogP contribution in [0.1, 0.15) is 77.0 Å². The fraction of sp³-hybridized carbons (Fsp3) is 0.724. The number of unbranched alkanes of at least 4 members (excludes halogenated alkanes) is 3. The molecule has 1 N–H and O–H groups in total. The monoisotopic (exact) mass is 657 g/mol. The summed E-state index contributed by atoms with van der Waals surface area (Å²) in [4.78, 5) is 102. The van der Waals surface area contributed by atoms with E-state index in [-0.39, 0.29) is 89.9 Å². The highest BCUT2D eigenvalue weighted by molar-refractivity contribution is 6.02. The molecule has 2 aliphatic heterocycles. The lowest BCUT2D eigenvalue weighted by molar-refractivity contribution is -0.197. The lowest BCUT2D eigenvalue weighted by atomic mass is 10.1. The average molecular weight is 658 g/mol. The zero-order valence-electron chi connectivity index (χ0n) is 26.0. The highest BCUT2D eigenvalue weighted by Gasteiger charge is 2.33. The van der Waals surface area contributed by atoms with Gasteiger partial charge in [-0.3, -0.25) is 28.8 Å². The normalized spacial score (nSPS) is 14.7. The molecule has 46 heavy (non-hydrogen) atoms. The van der Waals surface area contributed by atoms with Gasteiger partial charge in [-0.05, 0) is 25.7 Å². The van der Waals surface area contributed by atoms with Crippen LogP contribution in [0, 0.1) is 0 Å². The second kappa shape index (κ2) is 22.7. The Bertz CT molecular complexity index is 952. The molecule has 258 valence electrons. The number of ketones is 1. The third-order valence-corrected chi connectivity index (χ3v) is 6.48. The van der Waals surface area contributed by atoms with Gasteiger partial charge in [0.05, 0.1) is 39.6 Å². The smallest absolute Gasteiger partial charge is 0.333 e. The van der Waals surface area contributed by atoms with Crippen molar-refractivity contribution in [3.8, 4) is 0 Å². The first-order valence-corrected chi connectivity index (χ1v) is 15.4. The molecule has 5 amide bonds. The molecule has 0 radical (unpaired) electrons. The molecule has 0 spiro atoms. The third-order valence-electron chi connectivity index (χ3n) is 6.48. The maximum absolute atomic E-state index is 11.9. The van der Waals surface area contributed by atoms with Crippen molar-refractivity contribution in [3.05, 3.63) is 0 Å². The van der Waals surface area contributed by atoms with Crippen molar-refractivity contribution in [1.29, 1.82) is 0 Å². The van der Waals surface area contributed by atoms with Gasteiger partial charge in [-0.2, -0.15) is 0 Å². The first kappa shape index (κ1) is 38.4. The van der Waals surface area contributed by atoms with Crippen LogP contribution in [0.3, 0.4) is 0 Å². The zero-order chi connectivity index (χ0) is 33.6. The number of rotatable bonds is 26. The summed E-state index contributed by atoms with van der Waals surface area (Å²) in [5.41, 5.74) is 0. The molecule has 0 aliphatic carbocycles. The fourth-order valence-corrected chi connectivity index (χ4v) is 4.03. The highest BCUT2D eigenvalue weighted by Crippen LogP contribution is 2.14. The predicted molar refractivity (Wildman–Crippen MR) is 153 cm³/mol. The molecular formula is C29H43N3O14. The van der Waals surface area contributed by atoms with Gasteiger partial charge in [0.25, 0.3) is 23.6 Å². The molecule has 2 rings (SSSR count). The number of Topliss-reactive ketones (excluding diaryl/α,β-unsaturated/α-hetero) is 1. The molecule has 2 aliphatic rings. The number of nitrogens with zero attached hydrogens (tertiary/aromatic N) is 2. The molecule has 0 bridgehead atoms. The van der Waals surface area contributed by atoms with E-state index >= 15 is 0 Å². The standard InChI is InChI=1S/C29H43N3O14/c33-22(6-2-1-3-7-28(39)45-31-24(35)9-10-25(31)36)20-43-18-16-41-14-15-42-17-19-44-21-23(34)30-13-5-4-8-29(40)46-32-26(37)11-12-27(32)38/h1-21H2,(H,30,34). The number of amides is 5. The van der Waals surface area contributed by atoms with Gasteiger partial charge < -0.3 is 33.9 Å². The van der Waals surface area contributed by atoms with Crippen molar-refractivity contribution >= 4 is 47.3 Å². The van der Waals surface area contributed by atoms with E-state index in [1.807, 2.05) is 0 Å². The second-order valence-corrected chi connectivity index (χ2v) is 10.3. The Morgan fingerprint density at radius 3 is 1.43 bits per heavy atom. The van der Waals surface area contributed by atoms with E-state index in [9.17, 15) is 38.4 Å². The largest absolute Gasteiger partial charge is 0.377 e. The van der Waals surface area contributed by atoms with Crippen LogP contribution in [0.2, 0.25) is 0 Å². The number of ether oxygens (including phenoxy) is 4. The van der Waals surface area contributed by atoms with E-state index in [1.54, 1.807) is 0 Å². The number of hydrogen-bond donors (Lipinski definition) is 1. The number of carbonyl (C=O) groups excluding carboxylic acids is 8. The van der Waals surface area contributed by atoms with E-state index in [2.05, 4.69) is 5.32 Å². The van der Waals surface area contributed by atoms with Crippen LogP contribution in [0.5, 0.6) is 0 Å². The SMILES string of the molecule is O=C(CCCCCC(=O)ON1C(=O)CCC1=O)COCCOCCOCCOCC(=O)NCCCCC(=O)ON1C(=O)CCC1=O. The van der Waals surface area contributed by atoms with Gasteiger partial charge in [-0.15, -0.1) is 10.1 Å². The first-order valence-electron chi connectivity index (χ1n) is 15.4. The van der Waals surface area contributed by atoms with Gasteiger partial charge in [0.1, 0.15) is 13.2 Å². The molecule has 0 aromatic rings. The molecule has 0 aromatic carbocycles. The van der Waals surface area contributed by atoms with Crippen LogP contribution < -0.4 is 5.32 Å². The summed E-state index contributed by atoms with van der Waals surface area (Å²) in [6.45, 7) is 1.80. The Balaban J connectivity index is 1.28. The molecule has 2 saturated heterocycles. The topological polar surface area (TPSA) is 210 Å². The Morgan fingerprint density at radius 2 is 0.935 bits per heavy atom. The van der Waals surface area contributed by atoms with Crippen LogP contribution in [-0.4, -0.2) is 117 Å². The van der Waals surface area contributed by atoms with Crippen molar-refractivity contribution in [1.82, 2.24) is 15.4 Å². The minimum Gasteiger partial charge on any atom is -0.377 e. The molecule has 2 heterocycles. The van der Waals surface area contributed by atoms with Gasteiger partial charge in [0.2, 0.25) is 5.91 Å². The second-order valence-electron chi connectivity index (χ2n) is 10.3. The number of hydrogen-bond acceptors (Lipinski definition) is 14. The van der Waals surface area contributed by atoms with E-state index in [0.717, 1.165) is 0 Å². The summed E-state index contributed by atoms with van der Waals surface area (Å²) >= 11 is 0. The lowest BCUT2D eigenvalue weighted by Gasteiger charge is -2.12. The lowest BCUT2D eigenvalue weighted by Crippen LogP contribution is -2.32. The molecular weight excluding hydrogens is 614 g/mol. The maximum atomic E-state index is 11.9. The maximum Gasteiger partial charge on any atom is 0.333 e. The van der Waals surface area contributed by atoms with Gasteiger partial charge >= 0.3 is 11.9 Å². The van der Waals surface area contributed by atoms with E-state index < -0.39 is 35.6 Å². The first-order chi connectivity index (χ1) is 22.2. The zero-order valence-corrected chi connectivity index (χ0v) is 26.0. The van der Waals surface area contributed by atoms with E-state index in [1.165, 1.54) is 0 Å². The summed E-state index contributed by atoms with van der Waals surface area (Å²) in [6, 6.07) is 0. The molecule has 0 atom stereocenters. The Hall–Kier alpha value is -3.80. The fourth-order valence-electron chi connectivity index (χ4n) is 4.03. The Labute approximate surface area is 266 Å². The Morgan fingerprint density at radius 1 is 0.522 bits per heavy atom. The van der Waals surface area contributed by atoms with Gasteiger partial charge in [-0.1, -0.05) is 6.42 Å². The van der Waals surface area contributed by atoms with Crippen molar-refractivity contribution in [2.45, 2.75) is 77.0 Å². The third kappa shape index (κ3) is 16.5. The van der Waals surface area contributed by atoms with E-state index in [4.69, 9.17) is 28.6 Å². The van der Waals surface area contributed by atoms with Crippen LogP contribution in [0.25, 0.3) is 0 Å². The molecule has 0 unspecified atom stereocenters. The minimum atomic E-state index is -0.677. The summed E-state index contributed by atoms with van der Waals surface area (Å²) in [5.74, 6) is -3.80. The van der Waals surface area contributed by atoms with Crippen LogP contribution in [0.4, 0.5) is 0 Å². The van der Waals surface area contributed by atoms with Gasteiger partial charge in [-0.25, -0.2) is 9.59 Å². The number of nitrogens with one attached hydrogen (secondary N) is 1. The van der Waals surface area contributed by atoms with Crippen molar-refractivity contribution in [3.63, 3.8) is 0 Å². The van der Waals surface area contributed by atoms with Crippen molar-refractivity contribution in [2.24, 2.45) is 0 Å². The Kier molecular flexibility index (Phi) is 18.9. The minimum absolute atomic E-state index is 0.0133. The van der Waals surface area contributed by atoms with Crippen LogP contribution in [-0.2, 0) is 67.0 Å². The van der Waals surface area contributed by atoms with Gasteiger partial charge in [0.15, 0.2) is 5.78 Å². The van der Waals surface area contributed by atoms with Crippen LogP contribution >= 0.6 is 0 Å². The molecule has 17 nitrogen and oxygen atoms in total. The number of imide groups is 2. The molecule has 0 saturated carbocycles. The van der Waals surface area contributed by atoms with Crippen LogP contribution in [0.15, 0.2) is 0 Å². The van der Waals surface area contributed by atoms with Crippen molar-refractivity contribution in [2.75, 3.05) is 59.4 Å². The summed E-state index contributed by atoms with van der Waals surface area (Å²) in [6.07, 6.45) is 3.13. The highest BCUT2D eigenvalue weighted by atomic mass is 16.7. The number of hydroxylamine groups is 4. The van der Waals surface area contributed by atoms with E-state index in [0.29, 0.717) is 68.4 Å². The summed E-state index contributed by atoms with van der Waals surface area (Å²) < 4.78 is 21.2. The predicted octanol–water partition coefficient (Wildman–Crippen LogP) is 0.0733. The average Bonchev–Trinajstić information content (AvgIpc) is 3.51. The number of carbonyl (C=O) groups is 8. The molecule has 17 heteroatoms. The summed E-state index contributed by atoms with van der Waals surface area (Å²) in [5, 5.41) is 3.69. The summed E-state index contributed by atoms with van der Waals surface area (Å²) in [7, 11) is 0. The molecule has 0 aromatic heterocycles. The molecule has 2 fully saturated rings. The van der Waals surface area contributed by atoms with Gasteiger partial charge in [0, 0.05) is 51.5 Å². The quantitative estimate of drug-likeness (QED) is 0.0964. The van der Waals surface area contributed by atoms with Crippen molar-refractivity contribution < 1.29 is 67.0 Å².